The van der Waals surface area contributed by atoms with Crippen LogP contribution in [0.15, 0.2) is 66.9 Å². The third-order valence-electron chi connectivity index (χ3n) is 8.11. The lowest BCUT2D eigenvalue weighted by Crippen LogP contribution is -2.44. The molecule has 9 heteroatoms. The Morgan fingerprint density at radius 3 is 1.95 bits per heavy atom. The number of rotatable bonds is 7. The predicted molar refractivity (Wildman–Crippen MR) is 155 cm³/mol. The third kappa shape index (κ3) is 6.88. The molecule has 0 spiro atoms. The quantitative estimate of drug-likeness (QED) is 0.433. The lowest BCUT2D eigenvalue weighted by atomic mass is 9.88. The van der Waals surface area contributed by atoms with Crippen LogP contribution >= 0.6 is 0 Å². The van der Waals surface area contributed by atoms with Gasteiger partial charge in [-0.25, -0.2) is 0 Å². The summed E-state index contributed by atoms with van der Waals surface area (Å²) in [5.41, 5.74) is 3.61. The summed E-state index contributed by atoms with van der Waals surface area (Å²) in [7, 11) is 0. The van der Waals surface area contributed by atoms with Crippen LogP contribution in [0.25, 0.3) is 0 Å². The second-order valence-electron chi connectivity index (χ2n) is 10.9. The number of hydrogen-bond acceptors (Lipinski definition) is 7. The van der Waals surface area contributed by atoms with E-state index in [1.807, 2.05) is 24.3 Å². The average molecular weight is 561 g/mol. The summed E-state index contributed by atoms with van der Waals surface area (Å²) in [6.45, 7) is 3.48. The number of nitriles is 2. The zero-order valence-corrected chi connectivity index (χ0v) is 23.3. The normalized spacial score (nSPS) is 16.3. The van der Waals surface area contributed by atoms with Gasteiger partial charge in [-0.05, 0) is 67.6 Å². The molecular weight excluding hydrogens is 528 g/mol. The lowest BCUT2D eigenvalue weighted by molar-refractivity contribution is 0.0649. The van der Waals surface area contributed by atoms with E-state index in [0.717, 1.165) is 38.0 Å². The molecule has 0 unspecified atom stereocenters. The number of pyridine rings is 1. The summed E-state index contributed by atoms with van der Waals surface area (Å²) in [5.74, 6) is -0.523. The molecule has 0 radical (unpaired) electrons. The Hall–Kier alpha value is -4.86. The van der Waals surface area contributed by atoms with Gasteiger partial charge in [0.2, 0.25) is 0 Å². The monoisotopic (exact) mass is 560 g/mol. The molecular formula is C33H32N6O3. The van der Waals surface area contributed by atoms with Gasteiger partial charge in [-0.2, -0.15) is 10.5 Å². The fraction of sp³-hybridized carbons (Fsp3) is 0.333. The van der Waals surface area contributed by atoms with E-state index < -0.39 is 0 Å². The van der Waals surface area contributed by atoms with Crippen LogP contribution in [-0.2, 0) is 6.54 Å². The Balaban J connectivity index is 1.07. The Morgan fingerprint density at radius 1 is 0.786 bits per heavy atom. The van der Waals surface area contributed by atoms with Crippen LogP contribution in [-0.4, -0.2) is 64.6 Å². The molecule has 1 N–H and O–H groups in total. The predicted octanol–water partition coefficient (Wildman–Crippen LogP) is 3.95. The van der Waals surface area contributed by atoms with Gasteiger partial charge in [0.05, 0.1) is 28.8 Å². The van der Waals surface area contributed by atoms with Crippen LogP contribution in [0.4, 0.5) is 0 Å². The lowest BCUT2D eigenvalue weighted by Gasteiger charge is -2.32. The van der Waals surface area contributed by atoms with Gasteiger partial charge in [-0.1, -0.05) is 24.3 Å². The number of nitrogens with zero attached hydrogens (tertiary/aromatic N) is 5. The molecule has 9 nitrogen and oxygen atoms in total. The van der Waals surface area contributed by atoms with Gasteiger partial charge in [0.15, 0.2) is 5.78 Å². The minimum atomic E-state index is -0.248. The number of likely N-dealkylation sites (tertiary alicyclic amines) is 2. The van der Waals surface area contributed by atoms with Crippen molar-refractivity contribution in [3.63, 3.8) is 0 Å². The van der Waals surface area contributed by atoms with Crippen LogP contribution < -0.4 is 5.32 Å². The molecule has 5 rings (SSSR count). The molecule has 2 aromatic carbocycles. The summed E-state index contributed by atoms with van der Waals surface area (Å²) < 4.78 is 0. The molecule has 3 heterocycles. The number of benzene rings is 2. The number of aromatic nitrogens is 1. The van der Waals surface area contributed by atoms with Crippen molar-refractivity contribution in [1.82, 2.24) is 20.1 Å². The maximum Gasteiger partial charge on any atom is 0.270 e. The molecule has 2 aliphatic heterocycles. The van der Waals surface area contributed by atoms with Gasteiger partial charge in [-0.3, -0.25) is 24.3 Å². The average Bonchev–Trinajstić information content (AvgIpc) is 3.05. The number of ketones is 1. The van der Waals surface area contributed by atoms with Crippen molar-refractivity contribution < 1.29 is 14.4 Å². The zero-order chi connectivity index (χ0) is 29.5. The summed E-state index contributed by atoms with van der Waals surface area (Å²) in [6, 6.07) is 21.8. The SMILES string of the molecule is N#Cc1ccc(CN2CCC(NC(=O)c3ccc(C(=O)N4CCC(C(=O)c5ccc(C#N)cc5)CC4)cn3)CC2)cc1. The molecule has 212 valence electrons. The Morgan fingerprint density at radius 2 is 1.38 bits per heavy atom. The summed E-state index contributed by atoms with van der Waals surface area (Å²) in [6.07, 6.45) is 4.27. The van der Waals surface area contributed by atoms with E-state index >= 15 is 0 Å². The van der Waals surface area contributed by atoms with Gasteiger partial charge in [0.1, 0.15) is 5.69 Å². The molecule has 3 aromatic rings. The van der Waals surface area contributed by atoms with Crippen molar-refractivity contribution >= 4 is 17.6 Å². The standard InChI is InChI=1S/C33H32N6O3/c34-19-23-1-3-25(4-2-23)22-38-15-13-29(14-16-38)37-32(41)30-10-9-28(21-36-30)33(42)39-17-11-27(12-18-39)31(40)26-7-5-24(20-35)6-8-26/h1-10,21,27,29H,11-18,22H2,(H,37,41). The first kappa shape index (κ1) is 28.7. The zero-order valence-electron chi connectivity index (χ0n) is 23.3. The topological polar surface area (TPSA) is 130 Å². The van der Waals surface area contributed by atoms with E-state index in [4.69, 9.17) is 10.5 Å². The maximum atomic E-state index is 13.1. The first-order chi connectivity index (χ1) is 20.4. The highest BCUT2D eigenvalue weighted by Gasteiger charge is 2.29. The number of piperidine rings is 2. The van der Waals surface area contributed by atoms with E-state index in [2.05, 4.69) is 27.3 Å². The maximum absolute atomic E-state index is 13.1. The van der Waals surface area contributed by atoms with E-state index in [1.165, 1.54) is 6.20 Å². The molecule has 2 amide bonds. The highest BCUT2D eigenvalue weighted by molar-refractivity contribution is 5.99. The van der Waals surface area contributed by atoms with Crippen molar-refractivity contribution in [2.45, 2.75) is 38.3 Å². The molecule has 2 fully saturated rings. The molecule has 1 aromatic heterocycles. The number of nitrogens with one attached hydrogen (secondary N) is 1. The smallest absolute Gasteiger partial charge is 0.270 e. The van der Waals surface area contributed by atoms with Crippen molar-refractivity contribution in [3.05, 3.63) is 100 Å². The Labute approximate surface area is 245 Å². The minimum Gasteiger partial charge on any atom is -0.348 e. The van der Waals surface area contributed by atoms with Crippen molar-refractivity contribution in [2.75, 3.05) is 26.2 Å². The summed E-state index contributed by atoms with van der Waals surface area (Å²) >= 11 is 0. The minimum absolute atomic E-state index is 0.0422. The Bertz CT molecular complexity index is 1500. The number of hydrogen-bond donors (Lipinski definition) is 1. The summed E-state index contributed by atoms with van der Waals surface area (Å²) in [4.78, 5) is 47.1. The number of Topliss-reactive ketones (excluding diaryl/α,β-unsaturated/α-hetero) is 1. The van der Waals surface area contributed by atoms with Crippen LogP contribution in [0.2, 0.25) is 0 Å². The van der Waals surface area contributed by atoms with E-state index in [1.54, 1.807) is 41.3 Å². The van der Waals surface area contributed by atoms with Gasteiger partial charge in [-0.15, -0.1) is 0 Å². The Kier molecular flexibility index (Phi) is 9.01. The molecule has 2 aliphatic rings. The third-order valence-corrected chi connectivity index (χ3v) is 8.11. The first-order valence-corrected chi connectivity index (χ1v) is 14.3. The first-order valence-electron chi connectivity index (χ1n) is 14.3. The van der Waals surface area contributed by atoms with Gasteiger partial charge in [0.25, 0.3) is 11.8 Å². The van der Waals surface area contributed by atoms with Gasteiger partial charge < -0.3 is 10.2 Å². The highest BCUT2D eigenvalue weighted by atomic mass is 16.2. The number of carbonyl (C=O) groups excluding carboxylic acids is 3. The molecule has 0 atom stereocenters. The molecule has 0 aliphatic carbocycles. The van der Waals surface area contributed by atoms with E-state index in [0.29, 0.717) is 48.2 Å². The van der Waals surface area contributed by atoms with Crippen molar-refractivity contribution in [2.24, 2.45) is 5.92 Å². The molecule has 42 heavy (non-hydrogen) atoms. The molecule has 0 bridgehead atoms. The van der Waals surface area contributed by atoms with Crippen LogP contribution in [0.5, 0.6) is 0 Å². The number of carbonyl (C=O) groups is 3. The van der Waals surface area contributed by atoms with E-state index in [-0.39, 0.29) is 35.3 Å². The van der Waals surface area contributed by atoms with Crippen molar-refractivity contribution in [3.8, 4) is 12.1 Å². The van der Waals surface area contributed by atoms with Crippen LogP contribution in [0.1, 0.15) is 73.6 Å². The van der Waals surface area contributed by atoms with Gasteiger partial charge in [0, 0.05) is 56.4 Å². The molecule has 2 saturated heterocycles. The van der Waals surface area contributed by atoms with Crippen molar-refractivity contribution in [1.29, 1.82) is 10.5 Å². The fourth-order valence-corrected chi connectivity index (χ4v) is 5.56. The van der Waals surface area contributed by atoms with Crippen LogP contribution in [0, 0.1) is 28.6 Å². The van der Waals surface area contributed by atoms with Gasteiger partial charge >= 0.3 is 0 Å². The second-order valence-corrected chi connectivity index (χ2v) is 10.9. The van der Waals surface area contributed by atoms with E-state index in [9.17, 15) is 14.4 Å². The largest absolute Gasteiger partial charge is 0.348 e. The summed E-state index contributed by atoms with van der Waals surface area (Å²) in [5, 5.41) is 21.0. The second kappa shape index (κ2) is 13.2. The highest BCUT2D eigenvalue weighted by Crippen LogP contribution is 2.23. The number of amides is 2. The van der Waals surface area contributed by atoms with Crippen LogP contribution in [0.3, 0.4) is 0 Å². The fourth-order valence-electron chi connectivity index (χ4n) is 5.56. The molecule has 0 saturated carbocycles.